The van der Waals surface area contributed by atoms with Gasteiger partial charge in [0.1, 0.15) is 5.60 Å². The molecule has 1 aliphatic heterocycles. The zero-order valence-corrected chi connectivity index (χ0v) is 14.7. The molecular formula is C17H26N4O3. The highest BCUT2D eigenvalue weighted by atomic mass is 16.6. The third kappa shape index (κ3) is 2.96. The van der Waals surface area contributed by atoms with Gasteiger partial charge in [-0.2, -0.15) is 0 Å². The summed E-state index contributed by atoms with van der Waals surface area (Å²) < 4.78 is 11.1. The van der Waals surface area contributed by atoms with Crippen LogP contribution in [-0.2, 0) is 4.74 Å². The number of amides is 1. The third-order valence-electron chi connectivity index (χ3n) is 5.42. The second-order valence-electron chi connectivity index (χ2n) is 8.63. The molecule has 0 unspecified atom stereocenters. The lowest BCUT2D eigenvalue weighted by atomic mass is 9.52. The van der Waals surface area contributed by atoms with Crippen molar-refractivity contribution in [2.24, 2.45) is 5.41 Å². The number of carbonyl (C=O) groups is 1. The number of likely N-dealkylation sites (tertiary alicyclic amines) is 1. The zero-order valence-electron chi connectivity index (χ0n) is 14.7. The quantitative estimate of drug-likeness (QED) is 0.914. The Morgan fingerprint density at radius 2 is 2.00 bits per heavy atom. The Hall–Kier alpha value is -1.79. The maximum Gasteiger partial charge on any atom is 0.410 e. The van der Waals surface area contributed by atoms with Crippen LogP contribution in [0.15, 0.2) is 4.42 Å². The number of aromatic nitrogens is 2. The number of rotatable bonds is 3. The average Bonchev–Trinajstić information content (AvgIpc) is 2.75. The summed E-state index contributed by atoms with van der Waals surface area (Å²) in [6.07, 6.45) is 6.23. The number of hydrogen-bond acceptors (Lipinski definition) is 6. The van der Waals surface area contributed by atoms with E-state index in [1.807, 2.05) is 20.8 Å². The Balaban J connectivity index is 1.23. The summed E-state index contributed by atoms with van der Waals surface area (Å²) in [5.41, 5.74) is 0.145. The molecule has 1 amide bonds. The highest BCUT2D eigenvalue weighted by molar-refractivity contribution is 5.69. The van der Waals surface area contributed by atoms with Crippen molar-refractivity contribution in [2.45, 2.75) is 70.4 Å². The van der Waals surface area contributed by atoms with Gasteiger partial charge in [0.05, 0.1) is 6.04 Å². The van der Waals surface area contributed by atoms with Crippen molar-refractivity contribution in [3.8, 4) is 0 Å². The molecule has 7 nitrogen and oxygen atoms in total. The van der Waals surface area contributed by atoms with Gasteiger partial charge >= 0.3 is 12.1 Å². The summed E-state index contributed by atoms with van der Waals surface area (Å²) in [7, 11) is 0. The molecule has 1 aromatic rings. The molecule has 0 bridgehead atoms. The molecule has 1 N–H and O–H groups in total. The Morgan fingerprint density at radius 3 is 2.58 bits per heavy atom. The van der Waals surface area contributed by atoms with E-state index in [1.165, 1.54) is 32.1 Å². The van der Waals surface area contributed by atoms with Gasteiger partial charge < -0.3 is 19.4 Å². The smallest absolute Gasteiger partial charge is 0.410 e. The molecule has 1 spiro atoms. The largest absolute Gasteiger partial charge is 0.444 e. The van der Waals surface area contributed by atoms with Gasteiger partial charge in [0.15, 0.2) is 0 Å². The lowest BCUT2D eigenvalue weighted by Crippen LogP contribution is -2.57. The molecule has 1 aromatic heterocycles. The van der Waals surface area contributed by atoms with Crippen LogP contribution in [0.4, 0.5) is 10.8 Å². The molecular weight excluding hydrogens is 308 g/mol. The molecule has 3 fully saturated rings. The fourth-order valence-electron chi connectivity index (χ4n) is 3.92. The van der Waals surface area contributed by atoms with Gasteiger partial charge in [0, 0.05) is 19.0 Å². The predicted molar refractivity (Wildman–Crippen MR) is 87.8 cm³/mol. The first kappa shape index (κ1) is 15.7. The van der Waals surface area contributed by atoms with E-state index < -0.39 is 5.60 Å². The summed E-state index contributed by atoms with van der Waals surface area (Å²) >= 11 is 0. The lowest BCUT2D eigenvalue weighted by Gasteiger charge is -2.53. The van der Waals surface area contributed by atoms with Crippen molar-refractivity contribution in [2.75, 3.05) is 18.4 Å². The topological polar surface area (TPSA) is 80.5 Å². The van der Waals surface area contributed by atoms with E-state index >= 15 is 0 Å². The molecule has 2 aliphatic carbocycles. The Morgan fingerprint density at radius 1 is 1.29 bits per heavy atom. The fraction of sp³-hybridized carbons (Fsp3) is 0.824. The minimum absolute atomic E-state index is 0.144. The number of hydrogen-bond donors (Lipinski definition) is 1. The van der Waals surface area contributed by atoms with Gasteiger partial charge in [-0.25, -0.2) is 4.79 Å². The van der Waals surface area contributed by atoms with Gasteiger partial charge in [-0.05, 0) is 51.9 Å². The number of ether oxygens (including phenoxy) is 1. The first-order chi connectivity index (χ1) is 11.3. The molecule has 0 radical (unpaired) electrons. The van der Waals surface area contributed by atoms with E-state index in [0.717, 1.165) is 5.89 Å². The van der Waals surface area contributed by atoms with Gasteiger partial charge in [-0.3, -0.25) is 0 Å². The molecule has 0 aromatic carbocycles. The van der Waals surface area contributed by atoms with E-state index in [4.69, 9.17) is 9.15 Å². The highest BCUT2D eigenvalue weighted by Crippen LogP contribution is 2.61. The fourth-order valence-corrected chi connectivity index (χ4v) is 3.92. The summed E-state index contributed by atoms with van der Waals surface area (Å²) in [6, 6.07) is 0.610. The minimum Gasteiger partial charge on any atom is -0.444 e. The normalized spacial score (nSPS) is 23.4. The number of nitrogens with one attached hydrogen (secondary N) is 1. The molecule has 2 heterocycles. The molecule has 2 saturated carbocycles. The van der Waals surface area contributed by atoms with Gasteiger partial charge in [0.2, 0.25) is 5.89 Å². The number of anilines is 1. The Kier molecular flexibility index (Phi) is 3.51. The standard InChI is InChI=1S/C17H26N4O3/c1-16(2,3)24-15(22)21-9-12(10-21)18-14-20-19-13(23-14)11-7-17(8-11)5-4-6-17/h11-12H,4-10H2,1-3H3,(H,18,20). The van der Waals surface area contributed by atoms with Crippen molar-refractivity contribution in [3.63, 3.8) is 0 Å². The van der Waals surface area contributed by atoms with Crippen LogP contribution >= 0.6 is 0 Å². The highest BCUT2D eigenvalue weighted by Gasteiger charge is 2.50. The lowest BCUT2D eigenvalue weighted by molar-refractivity contribution is 0.000167. The Bertz CT molecular complexity index is 618. The molecule has 7 heteroatoms. The maximum absolute atomic E-state index is 11.9. The van der Waals surface area contributed by atoms with Gasteiger partial charge in [-0.1, -0.05) is 11.5 Å². The maximum atomic E-state index is 11.9. The molecule has 24 heavy (non-hydrogen) atoms. The summed E-state index contributed by atoms with van der Waals surface area (Å²) in [5, 5.41) is 11.5. The van der Waals surface area contributed by atoms with E-state index in [-0.39, 0.29) is 12.1 Å². The van der Waals surface area contributed by atoms with Crippen LogP contribution in [0.3, 0.4) is 0 Å². The van der Waals surface area contributed by atoms with Crippen molar-refractivity contribution in [1.29, 1.82) is 0 Å². The number of nitrogens with zero attached hydrogens (tertiary/aromatic N) is 3. The van der Waals surface area contributed by atoms with Crippen LogP contribution in [0.5, 0.6) is 0 Å². The molecule has 132 valence electrons. The van der Waals surface area contributed by atoms with E-state index in [1.54, 1.807) is 4.90 Å². The van der Waals surface area contributed by atoms with Crippen LogP contribution < -0.4 is 5.32 Å². The predicted octanol–water partition coefficient (Wildman–Crippen LogP) is 3.15. The third-order valence-corrected chi connectivity index (χ3v) is 5.42. The first-order valence-corrected chi connectivity index (χ1v) is 8.90. The molecule has 4 rings (SSSR count). The van der Waals surface area contributed by atoms with E-state index in [2.05, 4.69) is 15.5 Å². The van der Waals surface area contributed by atoms with Crippen LogP contribution in [0.1, 0.15) is 64.7 Å². The summed E-state index contributed by atoms with van der Waals surface area (Å²) in [4.78, 5) is 13.6. The second-order valence-corrected chi connectivity index (χ2v) is 8.63. The SMILES string of the molecule is CC(C)(C)OC(=O)N1CC(Nc2nnc(C3CC4(CCC4)C3)o2)C1. The molecule has 1 saturated heterocycles. The van der Waals surface area contributed by atoms with E-state index in [0.29, 0.717) is 30.4 Å². The summed E-state index contributed by atoms with van der Waals surface area (Å²) in [5.74, 6) is 1.20. The average molecular weight is 334 g/mol. The zero-order chi connectivity index (χ0) is 16.9. The number of carbonyl (C=O) groups excluding carboxylic acids is 1. The van der Waals surface area contributed by atoms with Crippen LogP contribution in [0.25, 0.3) is 0 Å². The van der Waals surface area contributed by atoms with Crippen LogP contribution in [-0.4, -0.2) is 45.9 Å². The van der Waals surface area contributed by atoms with Crippen LogP contribution in [0, 0.1) is 5.41 Å². The second kappa shape index (κ2) is 5.36. The minimum atomic E-state index is -0.461. The first-order valence-electron chi connectivity index (χ1n) is 8.90. The molecule has 3 aliphatic rings. The van der Waals surface area contributed by atoms with Crippen LogP contribution in [0.2, 0.25) is 0 Å². The van der Waals surface area contributed by atoms with E-state index in [9.17, 15) is 4.79 Å². The van der Waals surface area contributed by atoms with Gasteiger partial charge in [-0.15, -0.1) is 5.10 Å². The van der Waals surface area contributed by atoms with Crippen molar-refractivity contribution >= 4 is 12.1 Å². The Labute approximate surface area is 142 Å². The molecule has 0 atom stereocenters. The van der Waals surface area contributed by atoms with Crippen molar-refractivity contribution in [3.05, 3.63) is 5.89 Å². The monoisotopic (exact) mass is 334 g/mol. The van der Waals surface area contributed by atoms with Crippen molar-refractivity contribution < 1.29 is 13.9 Å². The summed E-state index contributed by atoms with van der Waals surface area (Å²) in [6.45, 7) is 6.80. The van der Waals surface area contributed by atoms with Gasteiger partial charge in [0.25, 0.3) is 0 Å². The van der Waals surface area contributed by atoms with Crippen molar-refractivity contribution in [1.82, 2.24) is 15.1 Å².